The van der Waals surface area contributed by atoms with Crippen LogP contribution in [0.5, 0.6) is 0 Å². The third kappa shape index (κ3) is 4.62. The van der Waals surface area contributed by atoms with E-state index < -0.39 is 0 Å². The van der Waals surface area contributed by atoms with Crippen LogP contribution in [-0.2, 0) is 14.4 Å². The van der Waals surface area contributed by atoms with Crippen molar-refractivity contribution in [3.8, 4) is 0 Å². The zero-order valence-corrected chi connectivity index (χ0v) is 20.1. The predicted molar refractivity (Wildman–Crippen MR) is 130 cm³/mol. The Balaban J connectivity index is 1.42. The van der Waals surface area contributed by atoms with Gasteiger partial charge in [0.1, 0.15) is 5.58 Å². The standard InChI is InChI=1S/C26H31N3O5/c1-16-12-25(33)34-21-14-20-18(13-19(16)21)17(2)15-26(3,4)29(20)10-5-6-22(30)27-9-11-28-23(31)7-8-24(28)32/h7-8,12-14,17H,5-6,9-11,15H2,1-4H3,(H,27,30)/t17-/m0/s1. The van der Waals surface area contributed by atoms with E-state index in [0.717, 1.165) is 28.0 Å². The highest BCUT2D eigenvalue weighted by Crippen LogP contribution is 2.45. The van der Waals surface area contributed by atoms with Crippen LogP contribution in [0.3, 0.4) is 0 Å². The topological polar surface area (TPSA) is 99.9 Å². The number of amides is 3. The van der Waals surface area contributed by atoms with Crippen molar-refractivity contribution in [1.29, 1.82) is 0 Å². The lowest BCUT2D eigenvalue weighted by Crippen LogP contribution is -2.49. The maximum Gasteiger partial charge on any atom is 0.336 e. The number of carbonyl (C=O) groups is 3. The predicted octanol–water partition coefficient (Wildman–Crippen LogP) is 3.02. The molecule has 0 bridgehead atoms. The number of nitrogens with one attached hydrogen (secondary N) is 1. The number of carbonyl (C=O) groups excluding carboxylic acids is 3. The Hall–Kier alpha value is -3.42. The molecule has 1 N–H and O–H groups in total. The molecule has 1 aromatic carbocycles. The van der Waals surface area contributed by atoms with Gasteiger partial charge in [-0.2, -0.15) is 0 Å². The number of benzene rings is 1. The highest BCUT2D eigenvalue weighted by atomic mass is 16.4. The summed E-state index contributed by atoms with van der Waals surface area (Å²) in [5.74, 6) is -0.461. The van der Waals surface area contributed by atoms with Crippen LogP contribution >= 0.6 is 0 Å². The second-order valence-corrected chi connectivity index (χ2v) is 9.84. The van der Waals surface area contributed by atoms with E-state index in [1.54, 1.807) is 0 Å². The van der Waals surface area contributed by atoms with Crippen LogP contribution in [-0.4, -0.2) is 47.8 Å². The van der Waals surface area contributed by atoms with Gasteiger partial charge < -0.3 is 14.6 Å². The minimum atomic E-state index is -0.357. The van der Waals surface area contributed by atoms with Crippen molar-refractivity contribution in [2.45, 2.75) is 58.4 Å². The maximum atomic E-state index is 12.3. The molecule has 0 unspecified atom stereocenters. The number of anilines is 1. The van der Waals surface area contributed by atoms with Crippen molar-refractivity contribution in [3.63, 3.8) is 0 Å². The van der Waals surface area contributed by atoms with E-state index >= 15 is 0 Å². The lowest BCUT2D eigenvalue weighted by atomic mass is 9.79. The smallest absolute Gasteiger partial charge is 0.336 e. The van der Waals surface area contributed by atoms with E-state index in [4.69, 9.17) is 4.42 Å². The first-order valence-electron chi connectivity index (χ1n) is 11.7. The molecule has 0 radical (unpaired) electrons. The third-order valence-electron chi connectivity index (χ3n) is 6.80. The second-order valence-electron chi connectivity index (χ2n) is 9.84. The fourth-order valence-electron chi connectivity index (χ4n) is 5.16. The van der Waals surface area contributed by atoms with Crippen LogP contribution in [0.25, 0.3) is 11.0 Å². The number of hydrogen-bond acceptors (Lipinski definition) is 6. The molecule has 0 aliphatic carbocycles. The molecule has 1 aromatic heterocycles. The number of fused-ring (bicyclic) bond motifs is 2. The number of nitrogens with zero attached hydrogens (tertiary/aromatic N) is 2. The minimum absolute atomic E-state index is 0.115. The average Bonchev–Trinajstić information content (AvgIpc) is 3.06. The average molecular weight is 466 g/mol. The molecule has 1 atom stereocenters. The molecule has 180 valence electrons. The summed E-state index contributed by atoms with van der Waals surface area (Å²) in [6.07, 6.45) is 4.42. The van der Waals surface area contributed by atoms with Crippen LogP contribution in [0.4, 0.5) is 5.69 Å². The molecule has 0 fully saturated rings. The molecule has 0 saturated heterocycles. The first-order valence-corrected chi connectivity index (χ1v) is 11.7. The Kier molecular flexibility index (Phi) is 6.34. The largest absolute Gasteiger partial charge is 0.423 e. The van der Waals surface area contributed by atoms with Gasteiger partial charge in [0.15, 0.2) is 0 Å². The summed E-state index contributed by atoms with van der Waals surface area (Å²) in [4.78, 5) is 50.9. The van der Waals surface area contributed by atoms with Gasteiger partial charge in [-0.15, -0.1) is 0 Å². The summed E-state index contributed by atoms with van der Waals surface area (Å²) in [5.41, 5.74) is 3.28. The van der Waals surface area contributed by atoms with E-state index in [9.17, 15) is 19.2 Å². The molecule has 0 spiro atoms. The Bertz CT molecular complexity index is 1220. The van der Waals surface area contributed by atoms with E-state index in [0.29, 0.717) is 30.9 Å². The summed E-state index contributed by atoms with van der Waals surface area (Å²) in [7, 11) is 0. The highest BCUT2D eigenvalue weighted by molar-refractivity contribution is 6.12. The molecule has 34 heavy (non-hydrogen) atoms. The van der Waals surface area contributed by atoms with Crippen LogP contribution in [0.1, 0.15) is 57.1 Å². The van der Waals surface area contributed by atoms with Gasteiger partial charge in [0, 0.05) is 67.0 Å². The van der Waals surface area contributed by atoms with Crippen LogP contribution < -0.4 is 15.8 Å². The number of rotatable bonds is 7. The Labute approximate surface area is 198 Å². The van der Waals surface area contributed by atoms with Gasteiger partial charge in [-0.1, -0.05) is 6.92 Å². The van der Waals surface area contributed by atoms with Crippen LogP contribution in [0.15, 0.2) is 39.6 Å². The van der Waals surface area contributed by atoms with Gasteiger partial charge in [-0.3, -0.25) is 19.3 Å². The van der Waals surface area contributed by atoms with Crippen molar-refractivity contribution in [2.24, 2.45) is 0 Å². The first kappa shape index (κ1) is 23.7. The molecule has 8 nitrogen and oxygen atoms in total. The molecular weight excluding hydrogens is 434 g/mol. The molecule has 2 aromatic rings. The Morgan fingerprint density at radius 1 is 1.12 bits per heavy atom. The van der Waals surface area contributed by atoms with E-state index in [-0.39, 0.29) is 42.0 Å². The van der Waals surface area contributed by atoms with Crippen LogP contribution in [0.2, 0.25) is 0 Å². The summed E-state index contributed by atoms with van der Waals surface area (Å²) in [5, 5.41) is 3.74. The maximum absolute atomic E-state index is 12.3. The summed E-state index contributed by atoms with van der Waals surface area (Å²) >= 11 is 0. The molecule has 0 saturated carbocycles. The molecule has 2 aliphatic rings. The Morgan fingerprint density at radius 3 is 2.53 bits per heavy atom. The second kappa shape index (κ2) is 9.08. The minimum Gasteiger partial charge on any atom is -0.423 e. The zero-order chi connectivity index (χ0) is 24.6. The van der Waals surface area contributed by atoms with E-state index in [1.807, 2.05) is 13.0 Å². The van der Waals surface area contributed by atoms with Gasteiger partial charge in [0.05, 0.1) is 0 Å². The molecular formula is C26H31N3O5. The van der Waals surface area contributed by atoms with Gasteiger partial charge in [0.25, 0.3) is 11.8 Å². The fraction of sp³-hybridized carbons (Fsp3) is 0.462. The quantitative estimate of drug-likeness (QED) is 0.498. The van der Waals surface area contributed by atoms with Gasteiger partial charge in [-0.25, -0.2) is 4.79 Å². The first-order chi connectivity index (χ1) is 16.1. The molecule has 3 heterocycles. The summed E-state index contributed by atoms with van der Waals surface area (Å²) < 4.78 is 5.50. The normalized spacial score (nSPS) is 19.1. The van der Waals surface area contributed by atoms with Gasteiger partial charge >= 0.3 is 5.63 Å². The molecule has 8 heteroatoms. The van der Waals surface area contributed by atoms with E-state index in [2.05, 4.69) is 37.1 Å². The van der Waals surface area contributed by atoms with Crippen molar-refractivity contribution < 1.29 is 18.8 Å². The van der Waals surface area contributed by atoms with E-state index in [1.165, 1.54) is 23.8 Å². The highest BCUT2D eigenvalue weighted by Gasteiger charge is 2.36. The summed E-state index contributed by atoms with van der Waals surface area (Å²) in [6, 6.07) is 5.63. The lowest BCUT2D eigenvalue weighted by Gasteiger charge is -2.47. The fourth-order valence-corrected chi connectivity index (χ4v) is 5.16. The molecule has 4 rings (SSSR count). The van der Waals surface area contributed by atoms with Crippen molar-refractivity contribution in [1.82, 2.24) is 10.2 Å². The number of hydrogen-bond donors (Lipinski definition) is 1. The van der Waals surface area contributed by atoms with Gasteiger partial charge in [0.2, 0.25) is 5.91 Å². The summed E-state index contributed by atoms with van der Waals surface area (Å²) in [6.45, 7) is 9.61. The Morgan fingerprint density at radius 2 is 1.82 bits per heavy atom. The van der Waals surface area contributed by atoms with Gasteiger partial charge in [-0.05, 0) is 56.7 Å². The molecule has 2 aliphatic heterocycles. The number of imide groups is 1. The van der Waals surface area contributed by atoms with Crippen LogP contribution in [0, 0.1) is 6.92 Å². The van der Waals surface area contributed by atoms with Crippen molar-refractivity contribution in [3.05, 3.63) is 51.9 Å². The monoisotopic (exact) mass is 465 g/mol. The zero-order valence-electron chi connectivity index (χ0n) is 20.1. The van der Waals surface area contributed by atoms with Crippen molar-refractivity contribution >= 4 is 34.4 Å². The third-order valence-corrected chi connectivity index (χ3v) is 6.80. The van der Waals surface area contributed by atoms with Crippen molar-refractivity contribution in [2.75, 3.05) is 24.5 Å². The SMILES string of the molecule is Cc1cc(=O)oc2cc3c(cc12)[C@@H](C)CC(C)(C)N3CCCC(=O)NCCN1C(=O)C=CC1=O. The molecule has 3 amide bonds. The number of aryl methyl sites for hydroxylation is 1. The lowest BCUT2D eigenvalue weighted by molar-refractivity contribution is -0.137.